The van der Waals surface area contributed by atoms with Gasteiger partial charge in [-0.25, -0.2) is 0 Å². The van der Waals surface area contributed by atoms with Crippen LogP contribution >= 0.6 is 0 Å². The van der Waals surface area contributed by atoms with Crippen LogP contribution in [0.2, 0.25) is 0 Å². The molecule has 0 heterocycles. The van der Waals surface area contributed by atoms with E-state index in [2.05, 4.69) is 67.6 Å². The zero-order chi connectivity index (χ0) is 12.8. The van der Waals surface area contributed by atoms with E-state index in [1.807, 2.05) is 0 Å². The summed E-state index contributed by atoms with van der Waals surface area (Å²) in [6.07, 6.45) is 1.19. The Labute approximate surface area is 113 Å². The molecule has 0 heteroatoms. The van der Waals surface area contributed by atoms with Crippen molar-refractivity contribution in [2.24, 2.45) is 0 Å². The number of hydrogen-bond donors (Lipinski definition) is 0. The van der Waals surface area contributed by atoms with Crippen molar-refractivity contribution in [1.82, 2.24) is 0 Å². The third-order valence-corrected chi connectivity index (χ3v) is 4.42. The molecule has 3 aromatic carbocycles. The maximum Gasteiger partial charge on any atom is 0.0135 e. The van der Waals surface area contributed by atoms with Gasteiger partial charge in [0.15, 0.2) is 0 Å². The van der Waals surface area contributed by atoms with Crippen molar-refractivity contribution in [3.63, 3.8) is 0 Å². The third-order valence-electron chi connectivity index (χ3n) is 4.42. The van der Waals surface area contributed by atoms with Crippen LogP contribution in [0.1, 0.15) is 28.2 Å². The smallest absolute Gasteiger partial charge is 0.0135 e. The van der Waals surface area contributed by atoms with Crippen molar-refractivity contribution in [2.75, 3.05) is 0 Å². The van der Waals surface area contributed by atoms with Crippen molar-refractivity contribution in [3.05, 3.63) is 82.9 Å². The molecule has 0 radical (unpaired) electrons. The van der Waals surface area contributed by atoms with Gasteiger partial charge in [-0.1, -0.05) is 60.7 Å². The van der Waals surface area contributed by atoms with E-state index in [9.17, 15) is 0 Å². The molecular formula is C19H16. The van der Waals surface area contributed by atoms with Crippen LogP contribution in [0.4, 0.5) is 0 Å². The van der Waals surface area contributed by atoms with Gasteiger partial charge in [-0.15, -0.1) is 0 Å². The van der Waals surface area contributed by atoms with Gasteiger partial charge < -0.3 is 0 Å². The van der Waals surface area contributed by atoms with E-state index >= 15 is 0 Å². The number of benzene rings is 3. The standard InChI is InChI=1S/C19H16/c1-13-17-10-6-5-9-15(17)11-16-12-18(19(13)16)14-7-3-2-4-8-14/h2-11,18H,12H2,1H3. The lowest BCUT2D eigenvalue weighted by atomic mass is 9.70. The van der Waals surface area contributed by atoms with E-state index < -0.39 is 0 Å². The fourth-order valence-electron chi connectivity index (χ4n) is 3.43. The highest BCUT2D eigenvalue weighted by Gasteiger charge is 2.29. The summed E-state index contributed by atoms with van der Waals surface area (Å²) < 4.78 is 0. The van der Waals surface area contributed by atoms with Gasteiger partial charge in [0.05, 0.1) is 0 Å². The van der Waals surface area contributed by atoms with Crippen LogP contribution in [0.25, 0.3) is 10.8 Å². The molecule has 0 fully saturated rings. The number of fused-ring (bicyclic) bond motifs is 2. The molecule has 0 bridgehead atoms. The fourth-order valence-corrected chi connectivity index (χ4v) is 3.43. The normalized spacial score (nSPS) is 17.0. The van der Waals surface area contributed by atoms with Gasteiger partial charge in [-0.3, -0.25) is 0 Å². The first-order valence-corrected chi connectivity index (χ1v) is 6.90. The second-order valence-electron chi connectivity index (χ2n) is 5.46. The molecule has 0 saturated heterocycles. The Morgan fingerprint density at radius 1 is 0.895 bits per heavy atom. The Morgan fingerprint density at radius 3 is 2.47 bits per heavy atom. The average molecular weight is 244 g/mol. The summed E-state index contributed by atoms with van der Waals surface area (Å²) in [5, 5.41) is 2.78. The molecule has 0 nitrogen and oxygen atoms in total. The van der Waals surface area contributed by atoms with Gasteiger partial charge in [-0.05, 0) is 46.4 Å². The molecule has 0 spiro atoms. The Kier molecular flexibility index (Phi) is 2.25. The Morgan fingerprint density at radius 2 is 1.63 bits per heavy atom. The molecule has 0 saturated carbocycles. The van der Waals surface area contributed by atoms with E-state index in [-0.39, 0.29) is 0 Å². The van der Waals surface area contributed by atoms with Crippen LogP contribution in [-0.2, 0) is 6.42 Å². The van der Waals surface area contributed by atoms with Crippen LogP contribution in [-0.4, -0.2) is 0 Å². The van der Waals surface area contributed by atoms with Gasteiger partial charge in [0.1, 0.15) is 0 Å². The first-order valence-electron chi connectivity index (χ1n) is 6.90. The SMILES string of the molecule is Cc1c2c(cc3ccccc13)CC2c1ccccc1. The van der Waals surface area contributed by atoms with Crippen molar-refractivity contribution >= 4 is 10.8 Å². The van der Waals surface area contributed by atoms with Gasteiger partial charge in [0.2, 0.25) is 0 Å². The molecule has 0 N–H and O–H groups in total. The first kappa shape index (κ1) is 10.8. The van der Waals surface area contributed by atoms with Crippen LogP contribution in [0.3, 0.4) is 0 Å². The summed E-state index contributed by atoms with van der Waals surface area (Å²) in [6.45, 7) is 2.27. The molecule has 0 amide bonds. The lowest BCUT2D eigenvalue weighted by Crippen LogP contribution is -2.20. The van der Waals surface area contributed by atoms with Crippen LogP contribution in [0, 0.1) is 6.92 Å². The predicted octanol–water partition coefficient (Wildman–Crippen LogP) is 4.84. The second-order valence-corrected chi connectivity index (χ2v) is 5.46. The molecule has 0 aromatic heterocycles. The lowest BCUT2D eigenvalue weighted by molar-refractivity contribution is 0.704. The average Bonchev–Trinajstić information content (AvgIpc) is 2.43. The summed E-state index contributed by atoms with van der Waals surface area (Å²) in [4.78, 5) is 0. The number of rotatable bonds is 1. The van der Waals surface area contributed by atoms with Gasteiger partial charge in [-0.2, -0.15) is 0 Å². The third kappa shape index (κ3) is 1.53. The number of aryl methyl sites for hydroxylation is 1. The van der Waals surface area contributed by atoms with E-state index in [0.717, 1.165) is 0 Å². The lowest BCUT2D eigenvalue weighted by Gasteiger charge is -2.33. The maximum atomic E-state index is 2.37. The summed E-state index contributed by atoms with van der Waals surface area (Å²) in [5.41, 5.74) is 6.01. The molecular weight excluding hydrogens is 228 g/mol. The summed E-state index contributed by atoms with van der Waals surface area (Å²) in [6, 6.07) is 22.0. The van der Waals surface area contributed by atoms with Crippen molar-refractivity contribution in [1.29, 1.82) is 0 Å². The van der Waals surface area contributed by atoms with Gasteiger partial charge in [0, 0.05) is 5.92 Å². The van der Waals surface area contributed by atoms with Crippen molar-refractivity contribution in [2.45, 2.75) is 19.3 Å². The van der Waals surface area contributed by atoms with Crippen molar-refractivity contribution < 1.29 is 0 Å². The zero-order valence-corrected chi connectivity index (χ0v) is 11.1. The molecule has 1 aliphatic rings. The monoisotopic (exact) mass is 244 g/mol. The highest BCUT2D eigenvalue weighted by molar-refractivity contribution is 5.89. The number of hydrogen-bond acceptors (Lipinski definition) is 0. The van der Waals surface area contributed by atoms with Gasteiger partial charge in [0.25, 0.3) is 0 Å². The van der Waals surface area contributed by atoms with E-state index in [0.29, 0.717) is 5.92 Å². The quantitative estimate of drug-likeness (QED) is 0.575. The predicted molar refractivity (Wildman–Crippen MR) is 80.7 cm³/mol. The molecule has 1 aliphatic carbocycles. The minimum Gasteiger partial charge on any atom is -0.0622 e. The molecule has 1 atom stereocenters. The minimum absolute atomic E-state index is 0.598. The zero-order valence-electron chi connectivity index (χ0n) is 11.1. The minimum atomic E-state index is 0.598. The van der Waals surface area contributed by atoms with Gasteiger partial charge >= 0.3 is 0 Å². The molecule has 1 unspecified atom stereocenters. The van der Waals surface area contributed by atoms with E-state index in [1.54, 1.807) is 5.56 Å². The topological polar surface area (TPSA) is 0 Å². The Bertz CT molecular complexity index is 754. The fraction of sp³-hybridized carbons (Fsp3) is 0.158. The summed E-state index contributed by atoms with van der Waals surface area (Å²) >= 11 is 0. The van der Waals surface area contributed by atoms with E-state index in [1.165, 1.54) is 33.9 Å². The largest absolute Gasteiger partial charge is 0.0622 e. The maximum absolute atomic E-state index is 2.37. The molecule has 19 heavy (non-hydrogen) atoms. The molecule has 3 aromatic rings. The highest BCUT2D eigenvalue weighted by atomic mass is 14.3. The molecule has 4 rings (SSSR count). The molecule has 0 aliphatic heterocycles. The van der Waals surface area contributed by atoms with Crippen LogP contribution < -0.4 is 0 Å². The Balaban J connectivity index is 1.91. The Hall–Kier alpha value is -2.08. The summed E-state index contributed by atoms with van der Waals surface area (Å²) in [7, 11) is 0. The van der Waals surface area contributed by atoms with Crippen LogP contribution in [0.5, 0.6) is 0 Å². The van der Waals surface area contributed by atoms with E-state index in [4.69, 9.17) is 0 Å². The highest BCUT2D eigenvalue weighted by Crippen LogP contribution is 2.44. The van der Waals surface area contributed by atoms with Crippen LogP contribution in [0.15, 0.2) is 60.7 Å². The first-order chi connectivity index (χ1) is 9.34. The van der Waals surface area contributed by atoms with Crippen molar-refractivity contribution in [3.8, 4) is 0 Å². The second kappa shape index (κ2) is 3.96. The summed E-state index contributed by atoms with van der Waals surface area (Å²) in [5.74, 6) is 0.598. The molecule has 92 valence electrons.